The van der Waals surface area contributed by atoms with Crippen molar-refractivity contribution in [3.8, 4) is 17.6 Å². The molecule has 2 N–H and O–H groups in total. The Labute approximate surface area is 254 Å². The fraction of sp³-hybridized carbons (Fsp3) is 0.129. The Morgan fingerprint density at radius 1 is 0.950 bits per heavy atom. The number of nitrogens with zero attached hydrogens (tertiary/aromatic N) is 1. The number of ether oxygens (including phenoxy) is 1. The molecule has 2 aliphatic heterocycles. The molecule has 9 heteroatoms. The zero-order valence-corrected chi connectivity index (χ0v) is 24.4. The average Bonchev–Trinajstić information content (AvgIpc) is 3.22. The van der Waals surface area contributed by atoms with E-state index in [9.17, 15) is 14.9 Å². The number of carbonyl (C=O) groups is 2. The summed E-state index contributed by atoms with van der Waals surface area (Å²) in [4.78, 5) is 27.7. The van der Waals surface area contributed by atoms with Gasteiger partial charge in [0.25, 0.3) is 0 Å². The second-order valence-electron chi connectivity index (χ2n) is 9.75. The lowest BCUT2D eigenvalue weighted by Crippen LogP contribution is -2.56. The first-order valence-electron chi connectivity index (χ1n) is 12.4. The number of amides is 2. The number of nitriles is 1. The summed E-state index contributed by atoms with van der Waals surface area (Å²) < 4.78 is 7.23. The maximum absolute atomic E-state index is 14.3. The molecule has 2 heterocycles. The van der Waals surface area contributed by atoms with Crippen LogP contribution in [0.4, 0.5) is 5.69 Å². The molecule has 0 saturated carbocycles. The van der Waals surface area contributed by atoms with Crippen LogP contribution >= 0.6 is 45.8 Å². The third-order valence-corrected chi connectivity index (χ3v) is 8.64. The Hall–Kier alpha value is -3.58. The van der Waals surface area contributed by atoms with Gasteiger partial charge in [0.15, 0.2) is 0 Å². The molecule has 2 aliphatic rings. The van der Waals surface area contributed by atoms with Crippen LogP contribution in [0.3, 0.4) is 0 Å². The predicted octanol–water partition coefficient (Wildman–Crippen LogP) is 7.50. The maximum Gasteiger partial charge on any atom is 0.238 e. The van der Waals surface area contributed by atoms with Crippen LogP contribution in [0, 0.1) is 14.9 Å². The highest BCUT2D eigenvalue weighted by Crippen LogP contribution is 2.58. The van der Waals surface area contributed by atoms with Gasteiger partial charge in [-0.25, -0.2) is 0 Å². The molecule has 4 aromatic carbocycles. The van der Waals surface area contributed by atoms with E-state index in [2.05, 4.69) is 39.3 Å². The van der Waals surface area contributed by atoms with Crippen molar-refractivity contribution in [2.24, 2.45) is 0 Å². The van der Waals surface area contributed by atoms with E-state index >= 15 is 0 Å². The van der Waals surface area contributed by atoms with Crippen molar-refractivity contribution in [3.63, 3.8) is 0 Å². The summed E-state index contributed by atoms with van der Waals surface area (Å²) in [5.41, 5.74) is 2.05. The third kappa shape index (κ3) is 4.50. The summed E-state index contributed by atoms with van der Waals surface area (Å²) >= 11 is 14.9. The topological polar surface area (TPSA) is 91.2 Å². The molecule has 6 rings (SSSR count). The second-order valence-corrected chi connectivity index (χ2v) is 11.9. The molecule has 4 aromatic rings. The van der Waals surface area contributed by atoms with Crippen LogP contribution in [0.25, 0.3) is 0 Å². The third-order valence-electron chi connectivity index (χ3n) is 7.50. The van der Waals surface area contributed by atoms with Gasteiger partial charge in [0.1, 0.15) is 16.9 Å². The number of hydrogen-bond acceptors (Lipinski definition) is 4. The predicted molar refractivity (Wildman–Crippen MR) is 162 cm³/mol. The molecule has 0 radical (unpaired) electrons. The molecule has 0 aromatic heterocycles. The zero-order valence-electron chi connectivity index (χ0n) is 20.8. The van der Waals surface area contributed by atoms with Gasteiger partial charge >= 0.3 is 0 Å². The van der Waals surface area contributed by atoms with E-state index in [0.717, 1.165) is 14.7 Å². The van der Waals surface area contributed by atoms with Crippen LogP contribution in [-0.4, -0.2) is 11.8 Å². The van der Waals surface area contributed by atoms with E-state index in [1.54, 1.807) is 42.5 Å². The Kier molecular flexibility index (Phi) is 6.95. The van der Waals surface area contributed by atoms with Gasteiger partial charge < -0.3 is 15.4 Å². The Morgan fingerprint density at radius 2 is 1.73 bits per heavy atom. The first-order valence-corrected chi connectivity index (χ1v) is 14.3. The summed E-state index contributed by atoms with van der Waals surface area (Å²) in [6.07, 6.45) is 0.0854. The number of hydrogen-bond donors (Lipinski definition) is 2. The quantitative estimate of drug-likeness (QED) is 0.219. The Bertz CT molecular complexity index is 1720. The van der Waals surface area contributed by atoms with E-state index < -0.39 is 17.4 Å². The van der Waals surface area contributed by atoms with Crippen LogP contribution in [0.15, 0.2) is 84.9 Å². The summed E-state index contributed by atoms with van der Waals surface area (Å²) in [7, 11) is 0. The standard InChI is InChI=1S/C31H20Cl2IN3O3/c32-19-3-1-2-18(12-19)25-15-28(38)37-29(31(25)24-10-6-20(33)13-26(24)36-30(31)39)23-14-21(34)7-11-27(23)40-22-8-4-17(16-35)5-9-22/h1-14,25,29H,15H2,(H,36,39)(H,37,38)/t25-,29+,31-/m0/s1. The van der Waals surface area contributed by atoms with Crippen LogP contribution in [0.5, 0.6) is 11.5 Å². The summed E-state index contributed by atoms with van der Waals surface area (Å²) in [5.74, 6) is 0.0266. The van der Waals surface area contributed by atoms with Crippen LogP contribution in [0.1, 0.15) is 40.6 Å². The lowest BCUT2D eigenvalue weighted by Gasteiger charge is -2.46. The second kappa shape index (κ2) is 10.4. The zero-order chi connectivity index (χ0) is 28.0. The molecule has 1 fully saturated rings. The molecule has 3 atom stereocenters. The lowest BCUT2D eigenvalue weighted by atomic mass is 9.59. The molecule has 0 aliphatic carbocycles. The summed E-state index contributed by atoms with van der Waals surface area (Å²) in [5, 5.41) is 16.4. The van der Waals surface area contributed by atoms with Crippen molar-refractivity contribution in [1.29, 1.82) is 5.26 Å². The highest BCUT2D eigenvalue weighted by atomic mass is 127. The lowest BCUT2D eigenvalue weighted by molar-refractivity contribution is -0.131. The fourth-order valence-corrected chi connectivity index (χ4v) is 6.72. The summed E-state index contributed by atoms with van der Waals surface area (Å²) in [6, 6.07) is 26.4. The van der Waals surface area contributed by atoms with Gasteiger partial charge in [-0.3, -0.25) is 9.59 Å². The Morgan fingerprint density at radius 3 is 2.48 bits per heavy atom. The van der Waals surface area contributed by atoms with E-state index in [-0.39, 0.29) is 18.2 Å². The molecule has 2 amide bonds. The largest absolute Gasteiger partial charge is 0.457 e. The average molecular weight is 680 g/mol. The van der Waals surface area contributed by atoms with Gasteiger partial charge in [-0.15, -0.1) is 0 Å². The summed E-state index contributed by atoms with van der Waals surface area (Å²) in [6.45, 7) is 0. The molecule has 0 bridgehead atoms. The normalized spacial score (nSPS) is 21.4. The first kappa shape index (κ1) is 26.6. The highest BCUT2D eigenvalue weighted by molar-refractivity contribution is 14.1. The van der Waals surface area contributed by atoms with Gasteiger partial charge in [0.05, 0.1) is 17.7 Å². The SMILES string of the molecule is N#Cc1ccc(Oc2ccc(I)cc2[C@H]2NC(=O)C[C@@H](c3cccc(Cl)c3)[C@]23C(=O)Nc2cc(Cl)ccc23)cc1. The van der Waals surface area contributed by atoms with Crippen molar-refractivity contribution < 1.29 is 14.3 Å². The van der Waals surface area contributed by atoms with E-state index in [1.807, 2.05) is 42.5 Å². The van der Waals surface area contributed by atoms with Crippen LogP contribution in [-0.2, 0) is 15.0 Å². The first-order chi connectivity index (χ1) is 19.3. The number of carbonyl (C=O) groups excluding carboxylic acids is 2. The number of benzene rings is 4. The van der Waals surface area contributed by atoms with Gasteiger partial charge in [0.2, 0.25) is 11.8 Å². The number of anilines is 1. The molecule has 1 saturated heterocycles. The highest BCUT2D eigenvalue weighted by Gasteiger charge is 2.61. The van der Waals surface area contributed by atoms with Gasteiger partial charge in [-0.1, -0.05) is 41.4 Å². The van der Waals surface area contributed by atoms with Crippen molar-refractivity contribution in [2.75, 3.05) is 5.32 Å². The molecule has 0 unspecified atom stereocenters. The van der Waals surface area contributed by atoms with Crippen LogP contribution in [0.2, 0.25) is 10.0 Å². The minimum Gasteiger partial charge on any atom is -0.457 e. The van der Waals surface area contributed by atoms with E-state index in [1.165, 1.54) is 0 Å². The van der Waals surface area contributed by atoms with Crippen molar-refractivity contribution in [3.05, 3.63) is 121 Å². The Balaban J connectivity index is 1.58. The van der Waals surface area contributed by atoms with E-state index in [4.69, 9.17) is 27.9 Å². The van der Waals surface area contributed by atoms with Gasteiger partial charge in [-0.2, -0.15) is 5.26 Å². The number of piperidine rings is 1. The van der Waals surface area contributed by atoms with Crippen molar-refractivity contribution in [1.82, 2.24) is 5.32 Å². The minimum absolute atomic E-state index is 0.0854. The number of nitrogens with one attached hydrogen (secondary N) is 2. The van der Waals surface area contributed by atoms with E-state index in [0.29, 0.717) is 38.4 Å². The molecular weight excluding hydrogens is 660 g/mol. The smallest absolute Gasteiger partial charge is 0.238 e. The molecular formula is C31H20Cl2IN3O3. The monoisotopic (exact) mass is 679 g/mol. The molecule has 198 valence electrons. The maximum atomic E-state index is 14.3. The van der Waals surface area contributed by atoms with Gasteiger partial charge in [-0.05, 0) is 100 Å². The van der Waals surface area contributed by atoms with Gasteiger partial charge in [0, 0.05) is 37.2 Å². The molecule has 40 heavy (non-hydrogen) atoms. The number of fused-ring (bicyclic) bond motifs is 2. The molecule has 1 spiro atoms. The molecule has 6 nitrogen and oxygen atoms in total. The minimum atomic E-state index is -1.23. The van der Waals surface area contributed by atoms with Crippen molar-refractivity contribution >= 4 is 63.3 Å². The van der Waals surface area contributed by atoms with Crippen LogP contribution < -0.4 is 15.4 Å². The number of rotatable bonds is 4. The fourth-order valence-electron chi connectivity index (χ4n) is 5.83. The number of halogens is 3. The van der Waals surface area contributed by atoms with Crippen molar-refractivity contribution in [2.45, 2.75) is 23.8 Å².